The number of hydrogen-bond acceptors (Lipinski definition) is 3. The summed E-state index contributed by atoms with van der Waals surface area (Å²) in [6, 6.07) is 11.0. The quantitative estimate of drug-likeness (QED) is 0.911. The third-order valence-electron chi connectivity index (χ3n) is 3.25. The van der Waals surface area contributed by atoms with Crippen molar-refractivity contribution in [2.24, 2.45) is 0 Å². The molecule has 0 unspecified atom stereocenters. The topological polar surface area (TPSA) is 62.6 Å². The summed E-state index contributed by atoms with van der Waals surface area (Å²) in [5.41, 5.74) is 2.09. The number of carbonyl (C=O) groups excluding carboxylic acids is 2. The Balaban J connectivity index is 1.83. The van der Waals surface area contributed by atoms with E-state index in [4.69, 9.17) is 4.42 Å². The number of hydrogen-bond donors (Lipinski definition) is 1. The van der Waals surface area contributed by atoms with E-state index in [1.165, 1.54) is 6.92 Å². The fraction of sp³-hybridized carbons (Fsp3) is 0.200. The maximum absolute atomic E-state index is 12.4. The highest BCUT2D eigenvalue weighted by Gasteiger charge is 2.27. The van der Waals surface area contributed by atoms with Gasteiger partial charge in [-0.2, -0.15) is 0 Å². The minimum absolute atomic E-state index is 0.188. The van der Waals surface area contributed by atoms with Crippen LogP contribution in [0.25, 0.3) is 0 Å². The number of amides is 2. The highest BCUT2D eigenvalue weighted by atomic mass is 16.4. The second-order valence-electron chi connectivity index (χ2n) is 4.68. The third-order valence-corrected chi connectivity index (χ3v) is 3.25. The maximum atomic E-state index is 12.4. The van der Waals surface area contributed by atoms with E-state index in [-0.39, 0.29) is 23.5 Å². The highest BCUT2D eigenvalue weighted by Crippen LogP contribution is 2.29. The Morgan fingerprint density at radius 3 is 2.80 bits per heavy atom. The standard InChI is InChI=1S/C15H14N2O3/c1-10(18)16-14-7-6-13(20-14)15(19)17-9-8-11-4-2-3-5-12(11)17/h2-7H,8-9H2,1H3,(H,16,18). The molecule has 2 aromatic rings. The summed E-state index contributed by atoms with van der Waals surface area (Å²) in [5, 5.41) is 2.51. The van der Waals surface area contributed by atoms with Crippen LogP contribution in [0.5, 0.6) is 0 Å². The van der Waals surface area contributed by atoms with Crippen molar-refractivity contribution < 1.29 is 14.0 Å². The Hall–Kier alpha value is -2.56. The molecule has 1 aromatic heterocycles. The van der Waals surface area contributed by atoms with Crippen LogP contribution in [0.3, 0.4) is 0 Å². The maximum Gasteiger partial charge on any atom is 0.294 e. The minimum atomic E-state index is -0.232. The van der Waals surface area contributed by atoms with Crippen molar-refractivity contribution in [3.8, 4) is 0 Å². The number of rotatable bonds is 2. The molecule has 5 nitrogen and oxygen atoms in total. The first-order chi connectivity index (χ1) is 9.65. The summed E-state index contributed by atoms with van der Waals surface area (Å²) in [4.78, 5) is 25.1. The lowest BCUT2D eigenvalue weighted by Crippen LogP contribution is -2.28. The van der Waals surface area contributed by atoms with Crippen LogP contribution in [-0.4, -0.2) is 18.4 Å². The van der Waals surface area contributed by atoms with Gasteiger partial charge in [-0.05, 0) is 24.1 Å². The molecule has 1 aromatic carbocycles. The molecular weight excluding hydrogens is 256 g/mol. The van der Waals surface area contributed by atoms with Gasteiger partial charge in [-0.1, -0.05) is 18.2 Å². The predicted molar refractivity (Wildman–Crippen MR) is 74.8 cm³/mol. The molecule has 2 amide bonds. The lowest BCUT2D eigenvalue weighted by atomic mass is 10.2. The molecule has 0 aliphatic carbocycles. The average Bonchev–Trinajstić information content (AvgIpc) is 3.03. The SMILES string of the molecule is CC(=O)Nc1ccc(C(=O)N2CCc3ccccc32)o1. The van der Waals surface area contributed by atoms with E-state index in [0.717, 1.165) is 17.7 Å². The van der Waals surface area contributed by atoms with Gasteiger partial charge in [0.15, 0.2) is 11.6 Å². The first-order valence-corrected chi connectivity index (χ1v) is 6.42. The zero-order valence-corrected chi connectivity index (χ0v) is 11.1. The molecule has 0 fully saturated rings. The number of nitrogens with zero attached hydrogens (tertiary/aromatic N) is 1. The smallest absolute Gasteiger partial charge is 0.294 e. The normalized spacial score (nSPS) is 13.2. The van der Waals surface area contributed by atoms with E-state index in [0.29, 0.717) is 6.54 Å². The number of benzene rings is 1. The van der Waals surface area contributed by atoms with E-state index in [2.05, 4.69) is 5.32 Å². The van der Waals surface area contributed by atoms with Crippen LogP contribution >= 0.6 is 0 Å². The first-order valence-electron chi connectivity index (χ1n) is 6.42. The van der Waals surface area contributed by atoms with Gasteiger partial charge in [0.2, 0.25) is 5.91 Å². The zero-order valence-electron chi connectivity index (χ0n) is 11.1. The summed E-state index contributed by atoms with van der Waals surface area (Å²) < 4.78 is 5.36. The van der Waals surface area contributed by atoms with Crippen molar-refractivity contribution in [3.63, 3.8) is 0 Å². The molecule has 0 bridgehead atoms. The molecule has 2 heterocycles. The second-order valence-corrected chi connectivity index (χ2v) is 4.68. The van der Waals surface area contributed by atoms with Crippen molar-refractivity contribution in [1.82, 2.24) is 0 Å². The summed E-state index contributed by atoms with van der Waals surface area (Å²) in [6.45, 7) is 2.04. The Morgan fingerprint density at radius 1 is 1.20 bits per heavy atom. The van der Waals surface area contributed by atoms with Gasteiger partial charge in [-0.3, -0.25) is 14.9 Å². The number of furan rings is 1. The fourth-order valence-electron chi connectivity index (χ4n) is 2.38. The third kappa shape index (κ3) is 2.18. The largest absolute Gasteiger partial charge is 0.435 e. The Bertz CT molecular complexity index is 675. The van der Waals surface area contributed by atoms with Crippen LogP contribution in [-0.2, 0) is 11.2 Å². The van der Waals surface area contributed by atoms with Crippen LogP contribution in [0.1, 0.15) is 23.0 Å². The monoisotopic (exact) mass is 270 g/mol. The van der Waals surface area contributed by atoms with E-state index >= 15 is 0 Å². The molecule has 1 aliphatic heterocycles. The number of anilines is 2. The van der Waals surface area contributed by atoms with Crippen molar-refractivity contribution in [1.29, 1.82) is 0 Å². The Kier molecular flexibility index (Phi) is 3.02. The van der Waals surface area contributed by atoms with Gasteiger partial charge in [-0.15, -0.1) is 0 Å². The molecule has 20 heavy (non-hydrogen) atoms. The molecule has 5 heteroatoms. The number of fused-ring (bicyclic) bond motifs is 1. The molecule has 0 saturated heterocycles. The van der Waals surface area contributed by atoms with E-state index in [1.54, 1.807) is 17.0 Å². The number of para-hydroxylation sites is 1. The van der Waals surface area contributed by atoms with Gasteiger partial charge in [0.1, 0.15) is 0 Å². The molecule has 0 saturated carbocycles. The molecule has 1 N–H and O–H groups in total. The highest BCUT2D eigenvalue weighted by molar-refractivity contribution is 6.05. The van der Waals surface area contributed by atoms with Crippen molar-refractivity contribution >= 4 is 23.4 Å². The van der Waals surface area contributed by atoms with Gasteiger partial charge >= 0.3 is 0 Å². The van der Waals surface area contributed by atoms with E-state index < -0.39 is 0 Å². The number of carbonyl (C=O) groups is 2. The lowest BCUT2D eigenvalue weighted by Gasteiger charge is -2.15. The van der Waals surface area contributed by atoms with Gasteiger partial charge in [0, 0.05) is 25.2 Å². The van der Waals surface area contributed by atoms with E-state index in [9.17, 15) is 9.59 Å². The van der Waals surface area contributed by atoms with Crippen LogP contribution in [0.2, 0.25) is 0 Å². The predicted octanol–water partition coefficient (Wildman–Crippen LogP) is 2.44. The summed E-state index contributed by atoms with van der Waals surface area (Å²) in [6.07, 6.45) is 0.848. The Labute approximate surface area is 116 Å². The molecule has 3 rings (SSSR count). The van der Waals surface area contributed by atoms with Gasteiger partial charge in [0.05, 0.1) is 0 Å². The molecule has 1 aliphatic rings. The number of nitrogens with one attached hydrogen (secondary N) is 1. The van der Waals surface area contributed by atoms with Crippen LogP contribution in [0, 0.1) is 0 Å². The molecular formula is C15H14N2O3. The van der Waals surface area contributed by atoms with Crippen molar-refractivity contribution in [2.75, 3.05) is 16.8 Å². The summed E-state index contributed by atoms with van der Waals surface area (Å²) in [7, 11) is 0. The van der Waals surface area contributed by atoms with Crippen LogP contribution in [0.4, 0.5) is 11.6 Å². The van der Waals surface area contributed by atoms with Gasteiger partial charge in [-0.25, -0.2) is 0 Å². The van der Waals surface area contributed by atoms with Crippen LogP contribution < -0.4 is 10.2 Å². The van der Waals surface area contributed by atoms with Gasteiger partial charge < -0.3 is 9.32 Å². The van der Waals surface area contributed by atoms with E-state index in [1.807, 2.05) is 24.3 Å². The molecule has 0 radical (unpaired) electrons. The first kappa shape index (κ1) is 12.5. The fourth-order valence-corrected chi connectivity index (χ4v) is 2.38. The van der Waals surface area contributed by atoms with Crippen molar-refractivity contribution in [3.05, 3.63) is 47.7 Å². The summed E-state index contributed by atoms with van der Waals surface area (Å²) in [5.74, 6) is 0.0928. The van der Waals surface area contributed by atoms with Gasteiger partial charge in [0.25, 0.3) is 5.91 Å². The zero-order chi connectivity index (χ0) is 14.1. The molecule has 102 valence electrons. The molecule has 0 spiro atoms. The van der Waals surface area contributed by atoms with Crippen molar-refractivity contribution in [2.45, 2.75) is 13.3 Å². The second kappa shape index (κ2) is 4.85. The molecule has 0 atom stereocenters. The average molecular weight is 270 g/mol. The lowest BCUT2D eigenvalue weighted by molar-refractivity contribution is -0.114. The minimum Gasteiger partial charge on any atom is -0.435 e. The Morgan fingerprint density at radius 2 is 2.00 bits per heavy atom. The van der Waals surface area contributed by atoms with Crippen LogP contribution in [0.15, 0.2) is 40.8 Å². The summed E-state index contributed by atoms with van der Waals surface area (Å²) >= 11 is 0.